The molecular formula is C18H17ClN4O3S2. The molecule has 2 aromatic carbocycles. The van der Waals surface area contributed by atoms with E-state index in [0.717, 1.165) is 11.8 Å². The molecule has 1 amide bonds. The third kappa shape index (κ3) is 4.16. The van der Waals surface area contributed by atoms with E-state index in [2.05, 4.69) is 10.4 Å². The van der Waals surface area contributed by atoms with E-state index in [1.807, 2.05) is 6.07 Å². The molecule has 0 saturated heterocycles. The molecule has 10 heteroatoms. The number of rotatable bonds is 6. The Bertz CT molecular complexity index is 1100. The lowest BCUT2D eigenvalue weighted by atomic mass is 10.3. The number of nitrogen functional groups attached to an aromatic ring is 1. The zero-order valence-electron chi connectivity index (χ0n) is 14.8. The molecule has 3 rings (SSSR count). The summed E-state index contributed by atoms with van der Waals surface area (Å²) in [7, 11) is -3.92. The van der Waals surface area contributed by atoms with Crippen molar-refractivity contribution in [3.63, 3.8) is 0 Å². The molecule has 0 aliphatic rings. The molecule has 1 aromatic heterocycles. The van der Waals surface area contributed by atoms with Crippen molar-refractivity contribution in [2.75, 3.05) is 17.3 Å². The van der Waals surface area contributed by atoms with Gasteiger partial charge in [0.15, 0.2) is 0 Å². The Labute approximate surface area is 171 Å². The zero-order valence-corrected chi connectivity index (χ0v) is 17.2. The number of sulfone groups is 1. The van der Waals surface area contributed by atoms with Gasteiger partial charge in [0, 0.05) is 10.7 Å². The van der Waals surface area contributed by atoms with E-state index in [9.17, 15) is 13.2 Å². The first-order valence-corrected chi connectivity index (χ1v) is 11.2. The fourth-order valence-electron chi connectivity index (χ4n) is 2.53. The number of halogens is 1. The van der Waals surface area contributed by atoms with Crippen LogP contribution in [0, 0.1) is 0 Å². The van der Waals surface area contributed by atoms with Gasteiger partial charge in [0.2, 0.25) is 15.7 Å². The average molecular weight is 437 g/mol. The quantitative estimate of drug-likeness (QED) is 0.574. The molecule has 0 aliphatic heterocycles. The van der Waals surface area contributed by atoms with Gasteiger partial charge in [-0.15, -0.1) is 11.8 Å². The molecule has 28 heavy (non-hydrogen) atoms. The van der Waals surface area contributed by atoms with Gasteiger partial charge in [-0.2, -0.15) is 5.10 Å². The number of nitrogens with zero attached hydrogens (tertiary/aromatic N) is 2. The van der Waals surface area contributed by atoms with Gasteiger partial charge in [-0.05, 0) is 42.7 Å². The van der Waals surface area contributed by atoms with Crippen molar-refractivity contribution in [1.82, 2.24) is 9.78 Å². The summed E-state index contributed by atoms with van der Waals surface area (Å²) < 4.78 is 27.3. The van der Waals surface area contributed by atoms with Crippen LogP contribution >= 0.6 is 23.4 Å². The number of nitrogens with one attached hydrogen (secondary N) is 1. The Morgan fingerprint density at radius 2 is 1.82 bits per heavy atom. The minimum atomic E-state index is -3.92. The van der Waals surface area contributed by atoms with Crippen LogP contribution in [0.1, 0.15) is 0 Å². The largest absolute Gasteiger partial charge is 0.383 e. The van der Waals surface area contributed by atoms with Crippen molar-refractivity contribution in [2.24, 2.45) is 0 Å². The summed E-state index contributed by atoms with van der Waals surface area (Å²) in [6.45, 7) is -0.218. The second-order valence-corrected chi connectivity index (χ2v) is 8.87. The lowest BCUT2D eigenvalue weighted by Gasteiger charge is -2.08. The highest BCUT2D eigenvalue weighted by Crippen LogP contribution is 2.34. The van der Waals surface area contributed by atoms with Gasteiger partial charge in [-0.3, -0.25) is 4.79 Å². The number of hydrogen-bond donors (Lipinski definition) is 2. The summed E-state index contributed by atoms with van der Waals surface area (Å²) in [5.41, 5.74) is 6.70. The van der Waals surface area contributed by atoms with Crippen molar-refractivity contribution >= 4 is 50.6 Å². The first kappa shape index (κ1) is 20.2. The van der Waals surface area contributed by atoms with Crippen LogP contribution in [0.4, 0.5) is 11.5 Å². The number of hydrogen-bond acceptors (Lipinski definition) is 6. The number of thioether (sulfide) groups is 1. The maximum absolute atomic E-state index is 13.0. The summed E-state index contributed by atoms with van der Waals surface area (Å²) in [4.78, 5) is 12.2. The van der Waals surface area contributed by atoms with Gasteiger partial charge < -0.3 is 11.1 Å². The highest BCUT2D eigenvalue weighted by Gasteiger charge is 2.29. The van der Waals surface area contributed by atoms with Crippen molar-refractivity contribution in [1.29, 1.82) is 0 Å². The van der Waals surface area contributed by atoms with Gasteiger partial charge >= 0.3 is 0 Å². The van der Waals surface area contributed by atoms with Gasteiger partial charge in [-0.25, -0.2) is 13.1 Å². The number of amides is 1. The number of nitrogens with two attached hydrogens (primary N) is 1. The predicted molar refractivity (Wildman–Crippen MR) is 110 cm³/mol. The minimum Gasteiger partial charge on any atom is -0.383 e. The fraction of sp³-hybridized carbons (Fsp3) is 0.111. The van der Waals surface area contributed by atoms with Gasteiger partial charge in [0.25, 0.3) is 0 Å². The van der Waals surface area contributed by atoms with Crippen LogP contribution in [-0.2, 0) is 21.2 Å². The van der Waals surface area contributed by atoms with E-state index >= 15 is 0 Å². The number of aromatic nitrogens is 2. The molecule has 0 unspecified atom stereocenters. The second kappa shape index (κ2) is 8.26. The summed E-state index contributed by atoms with van der Waals surface area (Å²) in [5.74, 6) is -0.467. The van der Waals surface area contributed by atoms with Crippen LogP contribution in [0.3, 0.4) is 0 Å². The lowest BCUT2D eigenvalue weighted by Crippen LogP contribution is -2.21. The predicted octanol–water partition coefficient (Wildman–Crippen LogP) is 3.31. The van der Waals surface area contributed by atoms with E-state index in [4.69, 9.17) is 17.3 Å². The zero-order chi connectivity index (χ0) is 20.3. The minimum absolute atomic E-state index is 0.0483. The van der Waals surface area contributed by atoms with E-state index in [1.165, 1.54) is 28.9 Å². The molecule has 0 fully saturated rings. The molecule has 3 N–H and O–H groups in total. The average Bonchev–Trinajstić information content (AvgIpc) is 2.99. The fourth-order valence-corrected chi connectivity index (χ4v) is 5.09. The Kier molecular flexibility index (Phi) is 5.97. The summed E-state index contributed by atoms with van der Waals surface area (Å²) in [6, 6.07) is 14.7. The van der Waals surface area contributed by atoms with Crippen LogP contribution in [-0.4, -0.2) is 30.4 Å². The number of carbonyl (C=O) groups excluding carboxylic acids is 1. The third-order valence-corrected chi connectivity index (χ3v) is 6.74. The van der Waals surface area contributed by atoms with Crippen LogP contribution in [0.25, 0.3) is 0 Å². The van der Waals surface area contributed by atoms with Gasteiger partial charge in [0.05, 0.1) is 4.90 Å². The Balaban J connectivity index is 1.93. The van der Waals surface area contributed by atoms with Crippen molar-refractivity contribution in [2.45, 2.75) is 21.4 Å². The molecule has 7 nitrogen and oxygen atoms in total. The molecule has 146 valence electrons. The standard InChI is InChI=1S/C18H17ClN4O3S2/c1-27-18-16(28(25,26)14-9-7-12(19)8-10-14)17(20)23(22-18)11-15(24)21-13-5-3-2-4-6-13/h2-10H,11,20H2,1H3,(H,21,24). The van der Waals surface area contributed by atoms with Crippen molar-refractivity contribution in [3.05, 3.63) is 59.6 Å². The first-order chi connectivity index (χ1) is 13.3. The molecule has 0 bridgehead atoms. The molecule has 0 aliphatic carbocycles. The highest BCUT2D eigenvalue weighted by atomic mass is 35.5. The van der Waals surface area contributed by atoms with Crippen molar-refractivity contribution < 1.29 is 13.2 Å². The van der Waals surface area contributed by atoms with Crippen LogP contribution < -0.4 is 11.1 Å². The molecule has 3 aromatic rings. The van der Waals surface area contributed by atoms with E-state index in [-0.39, 0.29) is 33.1 Å². The maximum Gasteiger partial charge on any atom is 0.246 e. The van der Waals surface area contributed by atoms with E-state index < -0.39 is 9.84 Å². The SMILES string of the molecule is CSc1nn(CC(=O)Nc2ccccc2)c(N)c1S(=O)(=O)c1ccc(Cl)cc1. The number of carbonyl (C=O) groups is 1. The van der Waals surface area contributed by atoms with Crippen LogP contribution in [0.15, 0.2) is 69.4 Å². The van der Waals surface area contributed by atoms with Crippen LogP contribution in [0.5, 0.6) is 0 Å². The normalized spacial score (nSPS) is 11.4. The molecule has 0 saturated carbocycles. The molecule has 1 heterocycles. The van der Waals surface area contributed by atoms with Crippen molar-refractivity contribution in [3.8, 4) is 0 Å². The van der Waals surface area contributed by atoms with E-state index in [0.29, 0.717) is 10.7 Å². The summed E-state index contributed by atoms with van der Waals surface area (Å²) in [5, 5.41) is 7.57. The first-order valence-electron chi connectivity index (χ1n) is 8.08. The Hall–Kier alpha value is -2.49. The van der Waals surface area contributed by atoms with Gasteiger partial charge in [-0.1, -0.05) is 29.8 Å². The molecule has 0 radical (unpaired) electrons. The summed E-state index contributed by atoms with van der Waals surface area (Å²) in [6.07, 6.45) is 1.69. The van der Waals surface area contributed by atoms with E-state index in [1.54, 1.807) is 30.5 Å². The molecule has 0 spiro atoms. The molecule has 0 atom stereocenters. The maximum atomic E-state index is 13.0. The monoisotopic (exact) mass is 436 g/mol. The topological polar surface area (TPSA) is 107 Å². The number of para-hydroxylation sites is 1. The highest BCUT2D eigenvalue weighted by molar-refractivity contribution is 7.99. The second-order valence-electron chi connectivity index (χ2n) is 5.75. The number of anilines is 2. The van der Waals surface area contributed by atoms with Crippen LogP contribution in [0.2, 0.25) is 5.02 Å². The number of benzene rings is 2. The Morgan fingerprint density at radius 3 is 2.43 bits per heavy atom. The lowest BCUT2D eigenvalue weighted by molar-refractivity contribution is -0.116. The molecular weight excluding hydrogens is 420 g/mol. The smallest absolute Gasteiger partial charge is 0.246 e. The Morgan fingerprint density at radius 1 is 1.18 bits per heavy atom. The van der Waals surface area contributed by atoms with Gasteiger partial charge in [0.1, 0.15) is 22.3 Å². The third-order valence-electron chi connectivity index (χ3n) is 3.85. The summed E-state index contributed by atoms with van der Waals surface area (Å²) >= 11 is 6.98.